The summed E-state index contributed by atoms with van der Waals surface area (Å²) in [4.78, 5) is 20.9. The van der Waals surface area contributed by atoms with Gasteiger partial charge in [-0.15, -0.1) is 0 Å². The van der Waals surface area contributed by atoms with E-state index in [0.29, 0.717) is 11.3 Å². The second kappa shape index (κ2) is 6.41. The molecule has 0 bridgehead atoms. The summed E-state index contributed by atoms with van der Waals surface area (Å²) in [6.07, 6.45) is 3.35. The number of pyridine rings is 1. The number of carbonyl (C=O) groups excluding carboxylic acids is 1. The molecule has 2 heterocycles. The van der Waals surface area contributed by atoms with Gasteiger partial charge in [0.1, 0.15) is 5.15 Å². The normalized spacial score (nSPS) is 20.8. The average Bonchev–Trinajstić information content (AvgIpc) is 2.62. The summed E-state index contributed by atoms with van der Waals surface area (Å²) in [7, 11) is 2.09. The first-order valence-corrected chi connectivity index (χ1v) is 7.31. The number of nitrogen functional groups attached to an aromatic ring is 1. The highest BCUT2D eigenvalue weighted by atomic mass is 35.5. The molecule has 1 amide bonds. The van der Waals surface area contributed by atoms with Crippen LogP contribution in [0.1, 0.15) is 30.1 Å². The van der Waals surface area contributed by atoms with Crippen LogP contribution in [-0.2, 0) is 0 Å². The highest BCUT2D eigenvalue weighted by molar-refractivity contribution is 6.32. The van der Waals surface area contributed by atoms with E-state index in [9.17, 15) is 4.79 Å². The maximum absolute atomic E-state index is 12.7. The van der Waals surface area contributed by atoms with E-state index in [1.807, 2.05) is 4.90 Å². The molecule has 2 rings (SSSR count). The van der Waals surface area contributed by atoms with Crippen LogP contribution in [-0.4, -0.2) is 53.4 Å². The van der Waals surface area contributed by atoms with Crippen LogP contribution >= 0.6 is 11.6 Å². The Kier molecular flexibility index (Phi) is 4.83. The van der Waals surface area contributed by atoms with Crippen molar-refractivity contribution < 1.29 is 4.79 Å². The monoisotopic (exact) mass is 296 g/mol. The molecule has 0 aromatic carbocycles. The van der Waals surface area contributed by atoms with Crippen LogP contribution in [0.2, 0.25) is 5.15 Å². The summed E-state index contributed by atoms with van der Waals surface area (Å²) in [5.41, 5.74) is 6.57. The first-order valence-electron chi connectivity index (χ1n) is 6.93. The summed E-state index contributed by atoms with van der Waals surface area (Å²) >= 11 is 6.05. The lowest BCUT2D eigenvalue weighted by molar-refractivity contribution is 0.0675. The maximum atomic E-state index is 12.7. The molecule has 20 heavy (non-hydrogen) atoms. The average molecular weight is 297 g/mol. The number of amides is 1. The number of hydrogen-bond donors (Lipinski definition) is 1. The van der Waals surface area contributed by atoms with Gasteiger partial charge in [0.2, 0.25) is 0 Å². The number of aromatic nitrogens is 1. The Labute approximate surface area is 124 Å². The molecule has 1 aromatic heterocycles. The van der Waals surface area contributed by atoms with Crippen molar-refractivity contribution in [1.82, 2.24) is 14.8 Å². The zero-order chi connectivity index (χ0) is 14.7. The van der Waals surface area contributed by atoms with Gasteiger partial charge in [-0.05, 0) is 32.5 Å². The number of nitrogens with two attached hydrogens (primary N) is 1. The van der Waals surface area contributed by atoms with Crippen LogP contribution in [0.3, 0.4) is 0 Å². The van der Waals surface area contributed by atoms with Gasteiger partial charge in [-0.3, -0.25) is 4.79 Å². The Morgan fingerprint density at radius 1 is 1.55 bits per heavy atom. The van der Waals surface area contributed by atoms with E-state index in [2.05, 4.69) is 23.9 Å². The minimum Gasteiger partial charge on any atom is -0.397 e. The molecule has 0 saturated carbocycles. The minimum atomic E-state index is -0.0723. The third-order valence-corrected chi connectivity index (χ3v) is 4.03. The molecule has 1 aromatic rings. The van der Waals surface area contributed by atoms with E-state index in [-0.39, 0.29) is 17.1 Å². The lowest BCUT2D eigenvalue weighted by Gasteiger charge is -2.30. The van der Waals surface area contributed by atoms with Crippen LogP contribution in [0.4, 0.5) is 5.69 Å². The minimum absolute atomic E-state index is 0.0723. The molecular formula is C14H21ClN4O. The largest absolute Gasteiger partial charge is 0.397 e. The van der Waals surface area contributed by atoms with E-state index >= 15 is 0 Å². The van der Waals surface area contributed by atoms with Crippen molar-refractivity contribution in [2.75, 3.05) is 32.4 Å². The van der Waals surface area contributed by atoms with Gasteiger partial charge in [-0.25, -0.2) is 4.98 Å². The number of halogens is 1. The predicted molar refractivity (Wildman–Crippen MR) is 80.9 cm³/mol. The second-order valence-electron chi connectivity index (χ2n) is 5.28. The molecular weight excluding hydrogens is 276 g/mol. The van der Waals surface area contributed by atoms with Crippen molar-refractivity contribution in [3.8, 4) is 0 Å². The Morgan fingerprint density at radius 2 is 2.30 bits per heavy atom. The van der Waals surface area contributed by atoms with Gasteiger partial charge in [0.05, 0.1) is 17.4 Å². The fraction of sp³-hybridized carbons (Fsp3) is 0.571. The van der Waals surface area contributed by atoms with Crippen molar-refractivity contribution in [3.63, 3.8) is 0 Å². The van der Waals surface area contributed by atoms with Crippen molar-refractivity contribution in [1.29, 1.82) is 0 Å². The summed E-state index contributed by atoms with van der Waals surface area (Å²) < 4.78 is 0. The Hall–Kier alpha value is -1.33. The van der Waals surface area contributed by atoms with Crippen LogP contribution in [0, 0.1) is 0 Å². The fourth-order valence-electron chi connectivity index (χ4n) is 2.63. The number of anilines is 1. The highest BCUT2D eigenvalue weighted by Crippen LogP contribution is 2.21. The third-order valence-electron chi connectivity index (χ3n) is 3.72. The standard InChI is InChI=1S/C14H21ClN4O/c1-3-11-9-18(2)5-4-6-19(11)14(20)12-7-10(16)8-17-13(12)15/h7-8,11H,3-6,9,16H2,1-2H3. The molecule has 1 aliphatic rings. The molecule has 1 atom stereocenters. The molecule has 0 radical (unpaired) electrons. The summed E-state index contributed by atoms with van der Waals surface area (Å²) in [5, 5.41) is 0.219. The molecule has 2 N–H and O–H groups in total. The molecule has 1 saturated heterocycles. The van der Waals surface area contributed by atoms with E-state index < -0.39 is 0 Å². The van der Waals surface area contributed by atoms with E-state index in [1.165, 1.54) is 6.20 Å². The first-order chi connectivity index (χ1) is 9.52. The number of rotatable bonds is 2. The van der Waals surface area contributed by atoms with Crippen molar-refractivity contribution >= 4 is 23.2 Å². The Balaban J connectivity index is 2.27. The molecule has 0 spiro atoms. The number of likely N-dealkylation sites (N-methyl/N-ethyl adjacent to an activating group) is 1. The van der Waals surface area contributed by atoms with Crippen LogP contribution in [0.15, 0.2) is 12.3 Å². The lowest BCUT2D eigenvalue weighted by atomic mass is 10.1. The summed E-state index contributed by atoms with van der Waals surface area (Å²) in [6, 6.07) is 1.81. The molecule has 1 fully saturated rings. The van der Waals surface area contributed by atoms with E-state index in [1.54, 1.807) is 6.07 Å². The Morgan fingerprint density at radius 3 is 3.00 bits per heavy atom. The zero-order valence-corrected chi connectivity index (χ0v) is 12.7. The van der Waals surface area contributed by atoms with E-state index in [0.717, 1.165) is 32.5 Å². The zero-order valence-electron chi connectivity index (χ0n) is 12.0. The molecule has 1 unspecified atom stereocenters. The van der Waals surface area contributed by atoms with Gasteiger partial charge in [-0.2, -0.15) is 0 Å². The first kappa shape index (κ1) is 15.1. The second-order valence-corrected chi connectivity index (χ2v) is 5.64. The lowest BCUT2D eigenvalue weighted by Crippen LogP contribution is -2.43. The SMILES string of the molecule is CCC1CN(C)CCCN1C(=O)c1cc(N)cnc1Cl. The third kappa shape index (κ3) is 3.22. The van der Waals surface area contributed by atoms with Crippen LogP contribution < -0.4 is 5.73 Å². The fourth-order valence-corrected chi connectivity index (χ4v) is 2.81. The number of nitrogens with zero attached hydrogens (tertiary/aromatic N) is 3. The predicted octanol–water partition coefficient (Wildman–Crippen LogP) is 1.87. The van der Waals surface area contributed by atoms with Crippen LogP contribution in [0.5, 0.6) is 0 Å². The number of carbonyl (C=O) groups is 1. The smallest absolute Gasteiger partial charge is 0.257 e. The van der Waals surface area contributed by atoms with Gasteiger partial charge in [0.15, 0.2) is 0 Å². The summed E-state index contributed by atoms with van der Waals surface area (Å²) in [6.45, 7) is 4.73. The Bertz CT molecular complexity index is 494. The van der Waals surface area contributed by atoms with Gasteiger partial charge < -0.3 is 15.5 Å². The van der Waals surface area contributed by atoms with Crippen molar-refractivity contribution in [3.05, 3.63) is 23.0 Å². The highest BCUT2D eigenvalue weighted by Gasteiger charge is 2.28. The van der Waals surface area contributed by atoms with Gasteiger partial charge >= 0.3 is 0 Å². The topological polar surface area (TPSA) is 62.5 Å². The maximum Gasteiger partial charge on any atom is 0.257 e. The molecule has 0 aliphatic carbocycles. The number of hydrogen-bond acceptors (Lipinski definition) is 4. The van der Waals surface area contributed by atoms with Crippen molar-refractivity contribution in [2.45, 2.75) is 25.8 Å². The molecule has 6 heteroatoms. The van der Waals surface area contributed by atoms with Crippen LogP contribution in [0.25, 0.3) is 0 Å². The molecule has 5 nitrogen and oxygen atoms in total. The van der Waals surface area contributed by atoms with Gasteiger partial charge in [-0.1, -0.05) is 18.5 Å². The van der Waals surface area contributed by atoms with Gasteiger partial charge in [0, 0.05) is 19.1 Å². The quantitative estimate of drug-likeness (QED) is 0.846. The van der Waals surface area contributed by atoms with Crippen molar-refractivity contribution in [2.24, 2.45) is 0 Å². The van der Waals surface area contributed by atoms with E-state index in [4.69, 9.17) is 17.3 Å². The summed E-state index contributed by atoms with van der Waals surface area (Å²) in [5.74, 6) is -0.0723. The molecule has 1 aliphatic heterocycles. The molecule has 110 valence electrons. The van der Waals surface area contributed by atoms with Gasteiger partial charge in [0.25, 0.3) is 5.91 Å².